The van der Waals surface area contributed by atoms with Gasteiger partial charge in [-0.2, -0.15) is 0 Å². The minimum atomic E-state index is -1.56. The summed E-state index contributed by atoms with van der Waals surface area (Å²) in [5.74, 6) is -1.76. The largest absolute Gasteiger partial charge is 0.479 e. The van der Waals surface area contributed by atoms with Gasteiger partial charge in [0.2, 0.25) is 0 Å². The van der Waals surface area contributed by atoms with E-state index in [9.17, 15) is 14.7 Å². The summed E-state index contributed by atoms with van der Waals surface area (Å²) in [4.78, 5) is 32.2. The molecule has 2 aromatic rings. The van der Waals surface area contributed by atoms with Gasteiger partial charge in [-0.3, -0.25) is 9.78 Å². The molecule has 1 aromatic heterocycles. The van der Waals surface area contributed by atoms with Crippen molar-refractivity contribution in [1.29, 1.82) is 0 Å². The number of benzene rings is 1. The highest BCUT2D eigenvalue weighted by Crippen LogP contribution is 2.27. The molecule has 0 saturated carbocycles. The van der Waals surface area contributed by atoms with Gasteiger partial charge in [-0.1, -0.05) is 30.7 Å². The summed E-state index contributed by atoms with van der Waals surface area (Å²) in [5.41, 5.74) is -0.401. The van der Waals surface area contributed by atoms with Gasteiger partial charge in [0, 0.05) is 11.2 Å². The third-order valence-electron chi connectivity index (χ3n) is 3.57. The molecule has 120 valence electrons. The fourth-order valence-corrected chi connectivity index (χ4v) is 2.32. The predicted octanol–water partition coefficient (Wildman–Crippen LogP) is 2.56. The van der Waals surface area contributed by atoms with Crippen LogP contribution in [0.2, 0.25) is 5.02 Å². The van der Waals surface area contributed by atoms with Gasteiger partial charge in [-0.15, -0.1) is 0 Å². The van der Waals surface area contributed by atoms with E-state index in [4.69, 9.17) is 11.6 Å². The molecular formula is C16H16ClN3O3. The molecule has 1 aromatic carbocycles. The third kappa shape index (κ3) is 3.48. The van der Waals surface area contributed by atoms with Crippen LogP contribution in [0.4, 0.5) is 0 Å². The molecule has 0 fully saturated rings. The zero-order valence-corrected chi connectivity index (χ0v) is 13.5. The van der Waals surface area contributed by atoms with Gasteiger partial charge in [-0.05, 0) is 31.0 Å². The highest BCUT2D eigenvalue weighted by Gasteiger charge is 2.40. The number of carboxylic acids is 1. The van der Waals surface area contributed by atoms with Crippen molar-refractivity contribution >= 4 is 23.5 Å². The maximum absolute atomic E-state index is 12.4. The summed E-state index contributed by atoms with van der Waals surface area (Å²) in [6.07, 6.45) is 2.93. The number of aromatic nitrogens is 2. The van der Waals surface area contributed by atoms with Gasteiger partial charge < -0.3 is 10.4 Å². The molecule has 0 saturated heterocycles. The lowest BCUT2D eigenvalue weighted by atomic mass is 9.87. The first-order valence-electron chi connectivity index (χ1n) is 6.99. The molecule has 6 nitrogen and oxygen atoms in total. The molecule has 0 aliphatic rings. The Morgan fingerprint density at radius 1 is 1.22 bits per heavy atom. The van der Waals surface area contributed by atoms with E-state index in [1.54, 1.807) is 38.1 Å². The van der Waals surface area contributed by atoms with Crippen LogP contribution in [0.1, 0.15) is 35.1 Å². The van der Waals surface area contributed by atoms with Crippen molar-refractivity contribution in [2.45, 2.75) is 25.8 Å². The second-order valence-electron chi connectivity index (χ2n) is 5.07. The molecule has 0 bridgehead atoms. The van der Waals surface area contributed by atoms with E-state index in [-0.39, 0.29) is 12.1 Å². The SMILES string of the molecule is CCC(NC(=O)c1cnc(C)cn1)(C(=O)O)c1ccc(Cl)cc1. The first-order valence-corrected chi connectivity index (χ1v) is 7.37. The van der Waals surface area contributed by atoms with Crippen LogP contribution in [-0.4, -0.2) is 27.0 Å². The monoisotopic (exact) mass is 333 g/mol. The Labute approximate surface area is 138 Å². The molecular weight excluding hydrogens is 318 g/mol. The number of aliphatic carboxylic acids is 1. The topological polar surface area (TPSA) is 92.2 Å². The van der Waals surface area contributed by atoms with Crippen molar-refractivity contribution in [3.05, 3.63) is 58.6 Å². The highest BCUT2D eigenvalue weighted by molar-refractivity contribution is 6.30. The Kier molecular flexibility index (Phi) is 4.95. The van der Waals surface area contributed by atoms with Crippen molar-refractivity contribution in [2.75, 3.05) is 0 Å². The van der Waals surface area contributed by atoms with Crippen molar-refractivity contribution in [1.82, 2.24) is 15.3 Å². The minimum Gasteiger partial charge on any atom is -0.479 e. The highest BCUT2D eigenvalue weighted by atomic mass is 35.5. The maximum Gasteiger partial charge on any atom is 0.334 e. The van der Waals surface area contributed by atoms with E-state index in [2.05, 4.69) is 15.3 Å². The van der Waals surface area contributed by atoms with Gasteiger partial charge in [-0.25, -0.2) is 9.78 Å². The number of rotatable bonds is 5. The Balaban J connectivity index is 2.39. The zero-order valence-electron chi connectivity index (χ0n) is 12.7. The van der Waals surface area contributed by atoms with Crippen LogP contribution in [0.3, 0.4) is 0 Å². The fraction of sp³-hybridized carbons (Fsp3) is 0.250. The molecule has 1 heterocycles. The van der Waals surface area contributed by atoms with Crippen molar-refractivity contribution in [2.24, 2.45) is 0 Å². The Morgan fingerprint density at radius 2 is 1.87 bits per heavy atom. The number of carbonyl (C=O) groups is 2. The normalized spacial score (nSPS) is 13.2. The number of nitrogens with zero attached hydrogens (tertiary/aromatic N) is 2. The molecule has 2 N–H and O–H groups in total. The van der Waals surface area contributed by atoms with Crippen molar-refractivity contribution in [3.63, 3.8) is 0 Å². The van der Waals surface area contributed by atoms with Gasteiger partial charge in [0.1, 0.15) is 5.69 Å². The lowest BCUT2D eigenvalue weighted by Gasteiger charge is -2.29. The van der Waals surface area contributed by atoms with Crippen LogP contribution < -0.4 is 5.32 Å². The molecule has 2 rings (SSSR count). The summed E-state index contributed by atoms with van der Waals surface area (Å²) in [7, 11) is 0. The average molecular weight is 334 g/mol. The standard InChI is InChI=1S/C16H16ClN3O3/c1-3-16(15(22)23,11-4-6-12(17)7-5-11)20-14(21)13-9-18-10(2)8-19-13/h4-9H,3H2,1-2H3,(H,20,21)(H,22,23). The number of amides is 1. The number of halogens is 1. The molecule has 0 aliphatic heterocycles. The van der Waals surface area contributed by atoms with Gasteiger partial charge >= 0.3 is 5.97 Å². The van der Waals surface area contributed by atoms with E-state index >= 15 is 0 Å². The second kappa shape index (κ2) is 6.75. The first-order chi connectivity index (χ1) is 10.9. The number of carbonyl (C=O) groups excluding carboxylic acids is 1. The summed E-state index contributed by atoms with van der Waals surface area (Å²) in [5, 5.41) is 12.8. The molecule has 23 heavy (non-hydrogen) atoms. The molecule has 0 aliphatic carbocycles. The number of hydrogen-bond acceptors (Lipinski definition) is 4. The van der Waals surface area contributed by atoms with Crippen molar-refractivity contribution < 1.29 is 14.7 Å². The molecule has 1 atom stereocenters. The number of nitrogens with one attached hydrogen (secondary N) is 1. The van der Waals surface area contributed by atoms with E-state index in [0.717, 1.165) is 0 Å². The summed E-state index contributed by atoms with van der Waals surface area (Å²) >= 11 is 5.85. The Bertz CT molecular complexity index is 716. The number of hydrogen-bond donors (Lipinski definition) is 2. The first kappa shape index (κ1) is 16.9. The summed E-state index contributed by atoms with van der Waals surface area (Å²) in [6.45, 7) is 3.43. The quantitative estimate of drug-likeness (QED) is 0.877. The third-order valence-corrected chi connectivity index (χ3v) is 3.82. The molecule has 7 heteroatoms. The van der Waals surface area contributed by atoms with Crippen molar-refractivity contribution in [3.8, 4) is 0 Å². The summed E-state index contributed by atoms with van der Waals surface area (Å²) in [6, 6.07) is 6.34. The zero-order chi connectivity index (χ0) is 17.0. The number of carboxylic acid groups (broad SMARTS) is 1. The predicted molar refractivity (Wildman–Crippen MR) is 85.3 cm³/mol. The van der Waals surface area contributed by atoms with Gasteiger partial charge in [0.15, 0.2) is 5.54 Å². The van der Waals surface area contributed by atoms with Crippen LogP contribution in [0.5, 0.6) is 0 Å². The van der Waals surface area contributed by atoms with Crippen LogP contribution in [-0.2, 0) is 10.3 Å². The lowest BCUT2D eigenvalue weighted by molar-refractivity contribution is -0.145. The molecule has 1 unspecified atom stereocenters. The molecule has 1 amide bonds. The minimum absolute atomic E-state index is 0.0589. The van der Waals surface area contributed by atoms with E-state index in [0.29, 0.717) is 16.3 Å². The fourth-order valence-electron chi connectivity index (χ4n) is 2.19. The average Bonchev–Trinajstić information content (AvgIpc) is 2.53. The molecule has 0 spiro atoms. The van der Waals surface area contributed by atoms with Crippen LogP contribution >= 0.6 is 11.6 Å². The summed E-state index contributed by atoms with van der Waals surface area (Å²) < 4.78 is 0. The van der Waals surface area contributed by atoms with Gasteiger partial charge in [0.25, 0.3) is 5.91 Å². The van der Waals surface area contributed by atoms with E-state index in [1.165, 1.54) is 12.4 Å². The Hall–Kier alpha value is -2.47. The van der Waals surface area contributed by atoms with Crippen LogP contribution in [0.15, 0.2) is 36.7 Å². The van der Waals surface area contributed by atoms with Crippen LogP contribution in [0.25, 0.3) is 0 Å². The Morgan fingerprint density at radius 3 is 2.35 bits per heavy atom. The molecule has 0 radical (unpaired) electrons. The van der Waals surface area contributed by atoms with E-state index < -0.39 is 17.4 Å². The van der Waals surface area contributed by atoms with Gasteiger partial charge in [0.05, 0.1) is 11.9 Å². The van der Waals surface area contributed by atoms with E-state index in [1.807, 2.05) is 0 Å². The smallest absolute Gasteiger partial charge is 0.334 e. The number of aryl methyl sites for hydroxylation is 1. The second-order valence-corrected chi connectivity index (χ2v) is 5.50. The lowest BCUT2D eigenvalue weighted by Crippen LogP contribution is -2.51. The maximum atomic E-state index is 12.4. The van der Waals surface area contributed by atoms with Crippen LogP contribution in [0, 0.1) is 6.92 Å².